The molecule has 8 aliphatic rings. The predicted octanol–water partition coefficient (Wildman–Crippen LogP) is 23.6. The van der Waals surface area contributed by atoms with Crippen LogP contribution in [0.25, 0.3) is 76.2 Å². The van der Waals surface area contributed by atoms with Gasteiger partial charge in [-0.15, -0.1) is 0 Å². The van der Waals surface area contributed by atoms with Crippen molar-refractivity contribution in [3.05, 3.63) is 307 Å². The number of ether oxygens (including phenoxy) is 8. The molecule has 0 atom stereocenters. The maximum Gasteiger partial charge on any atom is 0.270 e. The summed E-state index contributed by atoms with van der Waals surface area (Å²) in [5.41, 5.74) is 24.9. The summed E-state index contributed by atoms with van der Waals surface area (Å²) in [7, 11) is 0. The minimum Gasteiger partial charge on any atom is -0.458 e. The summed E-state index contributed by atoms with van der Waals surface area (Å²) in [5, 5.41) is 10.9. The zero-order chi connectivity index (χ0) is 84.0. The van der Waals surface area contributed by atoms with Gasteiger partial charge in [-0.2, -0.15) is 0 Å². The number of benzene rings is 15. The molecule has 0 fully saturated rings. The van der Waals surface area contributed by atoms with Crippen molar-refractivity contribution in [2.24, 2.45) is 0 Å². The van der Waals surface area contributed by atoms with E-state index in [9.17, 15) is 0 Å². The molecule has 0 bridgehead atoms. The number of nitrogens with zero attached hydrogens (tertiary/aromatic N) is 2. The summed E-state index contributed by atoms with van der Waals surface area (Å²) < 4.78 is 55.2. The highest BCUT2D eigenvalue weighted by Crippen LogP contribution is 2.51. The Morgan fingerprint density at radius 3 is 0.927 bits per heavy atom. The third-order valence-electron chi connectivity index (χ3n) is 26.4. The monoisotopic (exact) mass is 1600 g/mol. The zero-order valence-corrected chi connectivity index (χ0v) is 72.0. The number of hydrogen-bond donors (Lipinski definition) is 0. The van der Waals surface area contributed by atoms with E-state index in [0.29, 0.717) is 0 Å². The van der Waals surface area contributed by atoms with E-state index >= 15 is 0 Å². The van der Waals surface area contributed by atoms with Crippen LogP contribution < -0.4 is 87.1 Å². The Labute approximate surface area is 717 Å². The molecular weight excluding hydrogens is 1510 g/mol. The quantitative estimate of drug-likeness (QED) is 0.139. The standard InChI is InChI=1S/2C22H17BO3.C22H19BO2.2C22H19N/c1-22(2,3)12-10-17-21-18(11-12)26-16-9-5-7-14-20(16)23(21)19-13(24-14)6-4-8-15(19)25-17;1-22(2,3)12-10-11-17-20-21(12)26-16-9-5-8-15-19(16)23(20)18-13(24-15)6-4-7-14(18)25-17;1-22(2,3)14-12-13-19-20-21(14)25-18-11-7-5-9-16(18)23(20)15-8-4-6-10-17(15)24-19;1-22(2,3)14-12-17-15-8-4-6-10-19(15)23-20-11-7-5-9-16(20)18(13-14)21(17)23;1-22(2,3)17-13-12-15-14-8-4-6-10-18(14)23-19-11-7-5-9-16(19)20(17)21(15)23/h2*4-11H,1-3H3;4-13H,1-3H3;2*4-13H,1-3H3. The highest BCUT2D eigenvalue weighted by atomic mass is 16.5. The van der Waals surface area contributed by atoms with Crippen molar-refractivity contribution in [1.29, 1.82) is 0 Å². The van der Waals surface area contributed by atoms with Crippen molar-refractivity contribution >= 4 is 145 Å². The minimum absolute atomic E-state index is 0.00182. The van der Waals surface area contributed by atoms with Gasteiger partial charge < -0.3 is 46.7 Å². The van der Waals surface area contributed by atoms with Crippen molar-refractivity contribution in [3.63, 3.8) is 0 Å². The van der Waals surface area contributed by atoms with Crippen LogP contribution in [0.1, 0.15) is 132 Å². The van der Waals surface area contributed by atoms with Crippen LogP contribution in [0.4, 0.5) is 0 Å². The van der Waals surface area contributed by atoms with Gasteiger partial charge in [-0.25, -0.2) is 0 Å². The van der Waals surface area contributed by atoms with Gasteiger partial charge in [0.1, 0.15) is 92.0 Å². The SMILES string of the molecule is CC(C)(C)c1cc2c3c(c1)Oc1cccc4c1B3c1c(cccc1O2)O4.CC(C)(C)c1cc2c3ccccc3n3c4ccccc4c(c1)c23.CC(C)(C)c1ccc2c3c1Oc1cccc4c1B3c1c(cccc1O2)O4.CC(C)(C)c1ccc2c3c1Oc1ccccc1B3c1ccccc1O2.CC(C)(C)c1ccc2c3ccccc3n3c4ccccc4c1c23. The molecule has 598 valence electrons. The normalized spacial score (nSPS) is 14.0. The molecule has 0 N–H and O–H groups in total. The topological polar surface area (TPSA) is 82.7 Å². The lowest BCUT2D eigenvalue weighted by Crippen LogP contribution is -2.60. The second-order valence-corrected chi connectivity index (χ2v) is 39.3. The number of hydrogen-bond acceptors (Lipinski definition) is 8. The summed E-state index contributed by atoms with van der Waals surface area (Å²) in [4.78, 5) is 0. The summed E-state index contributed by atoms with van der Waals surface area (Å²) in [6, 6.07) is 98.1. The molecule has 27 rings (SSSR count). The van der Waals surface area contributed by atoms with Gasteiger partial charge >= 0.3 is 0 Å². The smallest absolute Gasteiger partial charge is 0.270 e. The summed E-state index contributed by atoms with van der Waals surface area (Å²) >= 11 is 0. The maximum atomic E-state index is 6.45. The Morgan fingerprint density at radius 1 is 0.203 bits per heavy atom. The van der Waals surface area contributed by atoms with E-state index in [1.54, 1.807) is 0 Å². The molecule has 4 aromatic heterocycles. The van der Waals surface area contributed by atoms with Crippen LogP contribution in [-0.2, 0) is 27.1 Å². The van der Waals surface area contributed by atoms with Crippen molar-refractivity contribution in [2.45, 2.75) is 131 Å². The third-order valence-corrected chi connectivity index (χ3v) is 26.4. The van der Waals surface area contributed by atoms with Gasteiger partial charge in [0, 0.05) is 81.3 Å². The zero-order valence-electron chi connectivity index (χ0n) is 72.0. The number of rotatable bonds is 0. The molecule has 15 aromatic carbocycles. The molecule has 0 aliphatic carbocycles. The number of para-hydroxylation sites is 6. The molecular formula is C110H91B3N2O8. The molecule has 12 heterocycles. The Hall–Kier alpha value is -13.5. The Balaban J connectivity index is 0.0000000891. The molecule has 19 aromatic rings. The van der Waals surface area contributed by atoms with E-state index in [1.807, 2.05) is 91.0 Å². The van der Waals surface area contributed by atoms with Crippen molar-refractivity contribution in [1.82, 2.24) is 8.80 Å². The van der Waals surface area contributed by atoms with E-state index in [2.05, 4.69) is 301 Å². The Bertz CT molecular complexity index is 7490. The molecule has 0 saturated carbocycles. The van der Waals surface area contributed by atoms with Gasteiger partial charge in [0.2, 0.25) is 0 Å². The van der Waals surface area contributed by atoms with Crippen LogP contribution in [0.5, 0.6) is 92.0 Å². The summed E-state index contributed by atoms with van der Waals surface area (Å²) in [5.74, 6) is 14.3. The molecule has 0 unspecified atom stereocenters. The lowest BCUT2D eigenvalue weighted by atomic mass is 9.33. The number of aromatic nitrogens is 2. The van der Waals surface area contributed by atoms with Gasteiger partial charge in [-0.05, 0) is 187 Å². The average molecular weight is 1600 g/mol. The van der Waals surface area contributed by atoms with Crippen LogP contribution in [0.2, 0.25) is 0 Å². The van der Waals surface area contributed by atoms with E-state index < -0.39 is 0 Å². The van der Waals surface area contributed by atoms with E-state index in [-0.39, 0.29) is 47.2 Å². The lowest BCUT2D eigenvalue weighted by molar-refractivity contribution is 0.431. The number of fused-ring (bicyclic) bond motifs is 16. The van der Waals surface area contributed by atoms with Gasteiger partial charge in [0.25, 0.3) is 20.1 Å². The third kappa shape index (κ3) is 11.3. The molecule has 0 saturated heterocycles. The first-order valence-electron chi connectivity index (χ1n) is 43.2. The first-order chi connectivity index (χ1) is 59.2. The molecule has 10 nitrogen and oxygen atoms in total. The fourth-order valence-corrected chi connectivity index (χ4v) is 20.6. The van der Waals surface area contributed by atoms with Gasteiger partial charge in [-0.3, -0.25) is 0 Å². The molecule has 8 aliphatic heterocycles. The van der Waals surface area contributed by atoms with Crippen molar-refractivity contribution in [3.8, 4) is 92.0 Å². The second-order valence-electron chi connectivity index (χ2n) is 39.3. The van der Waals surface area contributed by atoms with E-state index in [1.165, 1.54) is 115 Å². The predicted molar refractivity (Wildman–Crippen MR) is 508 cm³/mol. The lowest BCUT2D eigenvalue weighted by Gasteiger charge is -2.39. The first kappa shape index (κ1) is 74.5. The average Bonchev–Trinajstić information content (AvgIpc) is 1.70. The highest BCUT2D eigenvalue weighted by molar-refractivity contribution is 7.00. The fraction of sp³-hybridized carbons (Fsp3) is 0.182. The van der Waals surface area contributed by atoms with Crippen molar-refractivity contribution in [2.75, 3.05) is 0 Å². The largest absolute Gasteiger partial charge is 0.458 e. The second kappa shape index (κ2) is 26.5. The van der Waals surface area contributed by atoms with Crippen LogP contribution in [-0.4, -0.2) is 28.9 Å². The van der Waals surface area contributed by atoms with Crippen LogP contribution >= 0.6 is 0 Å². The summed E-state index contributed by atoms with van der Waals surface area (Å²) in [6.45, 7) is 34.1. The molecule has 0 radical (unpaired) electrons. The highest BCUT2D eigenvalue weighted by Gasteiger charge is 2.50. The first-order valence-corrected chi connectivity index (χ1v) is 43.2. The summed E-state index contributed by atoms with van der Waals surface area (Å²) in [6.07, 6.45) is 0. The van der Waals surface area contributed by atoms with Crippen molar-refractivity contribution < 1.29 is 37.9 Å². The van der Waals surface area contributed by atoms with Gasteiger partial charge in [0.05, 0.1) is 33.1 Å². The van der Waals surface area contributed by atoms with E-state index in [4.69, 9.17) is 37.9 Å². The maximum absolute atomic E-state index is 6.45. The van der Waals surface area contributed by atoms with E-state index in [0.717, 1.165) is 130 Å². The fourth-order valence-electron chi connectivity index (χ4n) is 20.6. The van der Waals surface area contributed by atoms with Crippen LogP contribution in [0.3, 0.4) is 0 Å². The molecule has 13 heteroatoms. The van der Waals surface area contributed by atoms with Crippen LogP contribution in [0, 0.1) is 0 Å². The van der Waals surface area contributed by atoms with Gasteiger partial charge in [0.15, 0.2) is 0 Å². The minimum atomic E-state index is -0.0234. The molecule has 123 heavy (non-hydrogen) atoms. The van der Waals surface area contributed by atoms with Crippen LogP contribution in [0.15, 0.2) is 279 Å². The molecule has 0 spiro atoms. The van der Waals surface area contributed by atoms with Gasteiger partial charge in [-0.1, -0.05) is 262 Å². The molecule has 0 amide bonds. The Morgan fingerprint density at radius 2 is 0.496 bits per heavy atom. The Kier molecular flexibility index (Phi) is 16.1.